The molecule has 1 saturated carbocycles. The number of thiophene rings is 1. The molecule has 0 aromatic carbocycles. The maximum absolute atomic E-state index is 12.0. The average molecular weight is 266 g/mol. The minimum Gasteiger partial charge on any atom is -0.333 e. The van der Waals surface area contributed by atoms with Gasteiger partial charge in [-0.05, 0) is 31.9 Å². The van der Waals surface area contributed by atoms with Crippen molar-refractivity contribution in [1.82, 2.24) is 10.2 Å². The van der Waals surface area contributed by atoms with Gasteiger partial charge in [-0.3, -0.25) is 0 Å². The molecular formula is C14H22N2OS. The van der Waals surface area contributed by atoms with Crippen LogP contribution in [-0.4, -0.2) is 24.0 Å². The Balaban J connectivity index is 1.79. The van der Waals surface area contributed by atoms with Crippen molar-refractivity contribution in [1.29, 1.82) is 0 Å². The Hall–Kier alpha value is -1.03. The molecule has 1 heterocycles. The van der Waals surface area contributed by atoms with Crippen LogP contribution in [0.5, 0.6) is 0 Å². The Kier molecular flexibility index (Phi) is 4.64. The van der Waals surface area contributed by atoms with E-state index in [1.54, 1.807) is 11.3 Å². The highest BCUT2D eigenvalue weighted by Crippen LogP contribution is 2.21. The first-order valence-electron chi connectivity index (χ1n) is 6.73. The molecular weight excluding hydrogens is 244 g/mol. The van der Waals surface area contributed by atoms with Crippen LogP contribution in [0.15, 0.2) is 12.1 Å². The van der Waals surface area contributed by atoms with Crippen molar-refractivity contribution in [3.8, 4) is 0 Å². The standard InChI is InChI=1S/C14H22N2OS/c1-11-8-9-13(18-11)10-15-14(17)16(2)12-6-4-3-5-7-12/h8-9,12H,3-7,10H2,1-2H3,(H,15,17). The van der Waals surface area contributed by atoms with Gasteiger partial charge < -0.3 is 10.2 Å². The van der Waals surface area contributed by atoms with Gasteiger partial charge in [-0.25, -0.2) is 4.79 Å². The number of carbonyl (C=O) groups excluding carboxylic acids is 1. The summed E-state index contributed by atoms with van der Waals surface area (Å²) in [6, 6.07) is 4.68. The van der Waals surface area contributed by atoms with Gasteiger partial charge in [0.15, 0.2) is 0 Å². The van der Waals surface area contributed by atoms with Crippen LogP contribution in [0.3, 0.4) is 0 Å². The predicted molar refractivity (Wildman–Crippen MR) is 75.9 cm³/mol. The summed E-state index contributed by atoms with van der Waals surface area (Å²) in [5.74, 6) is 0. The van der Waals surface area contributed by atoms with E-state index >= 15 is 0 Å². The van der Waals surface area contributed by atoms with Crippen LogP contribution < -0.4 is 5.32 Å². The Morgan fingerprint density at radius 2 is 2.11 bits per heavy atom. The Morgan fingerprint density at radius 3 is 2.72 bits per heavy atom. The summed E-state index contributed by atoms with van der Waals surface area (Å²) in [7, 11) is 1.92. The largest absolute Gasteiger partial charge is 0.333 e. The molecule has 0 spiro atoms. The molecule has 4 heteroatoms. The normalized spacial score (nSPS) is 16.6. The minimum absolute atomic E-state index is 0.0629. The number of urea groups is 1. The van der Waals surface area contributed by atoms with E-state index in [1.165, 1.54) is 29.0 Å². The van der Waals surface area contributed by atoms with Crippen molar-refractivity contribution in [2.45, 2.75) is 51.6 Å². The van der Waals surface area contributed by atoms with Crippen LogP contribution in [0.25, 0.3) is 0 Å². The first kappa shape index (κ1) is 13.4. The number of aryl methyl sites for hydroxylation is 1. The monoisotopic (exact) mass is 266 g/mol. The molecule has 1 aromatic rings. The molecule has 3 nitrogen and oxygen atoms in total. The van der Waals surface area contributed by atoms with Crippen molar-refractivity contribution in [2.24, 2.45) is 0 Å². The summed E-state index contributed by atoms with van der Waals surface area (Å²) in [4.78, 5) is 16.4. The molecule has 0 radical (unpaired) electrons. The fourth-order valence-electron chi connectivity index (χ4n) is 2.50. The minimum atomic E-state index is 0.0629. The van der Waals surface area contributed by atoms with Crippen LogP contribution in [-0.2, 0) is 6.54 Å². The molecule has 0 saturated heterocycles. The topological polar surface area (TPSA) is 32.3 Å². The molecule has 1 aliphatic rings. The molecule has 1 N–H and O–H groups in total. The van der Waals surface area contributed by atoms with E-state index in [-0.39, 0.29) is 6.03 Å². The molecule has 1 aromatic heterocycles. The number of hydrogen-bond acceptors (Lipinski definition) is 2. The summed E-state index contributed by atoms with van der Waals surface area (Å²) >= 11 is 1.74. The molecule has 0 atom stereocenters. The number of nitrogens with zero attached hydrogens (tertiary/aromatic N) is 1. The molecule has 0 unspecified atom stereocenters. The van der Waals surface area contributed by atoms with Crippen molar-refractivity contribution < 1.29 is 4.79 Å². The van der Waals surface area contributed by atoms with Crippen molar-refractivity contribution >= 4 is 17.4 Å². The molecule has 1 fully saturated rings. The van der Waals surface area contributed by atoms with Gasteiger partial charge in [-0.15, -0.1) is 11.3 Å². The number of carbonyl (C=O) groups is 1. The van der Waals surface area contributed by atoms with E-state index in [1.807, 2.05) is 11.9 Å². The van der Waals surface area contributed by atoms with E-state index in [0.717, 1.165) is 12.8 Å². The maximum Gasteiger partial charge on any atom is 0.317 e. The predicted octanol–water partition coefficient (Wildman–Crippen LogP) is 3.53. The molecule has 2 amide bonds. The van der Waals surface area contributed by atoms with Crippen LogP contribution in [0.4, 0.5) is 4.79 Å². The summed E-state index contributed by atoms with van der Waals surface area (Å²) in [5.41, 5.74) is 0. The van der Waals surface area contributed by atoms with Gasteiger partial charge in [-0.1, -0.05) is 19.3 Å². The molecule has 0 bridgehead atoms. The molecule has 18 heavy (non-hydrogen) atoms. The third-order valence-corrected chi connectivity index (χ3v) is 4.65. The van der Waals surface area contributed by atoms with Gasteiger partial charge in [-0.2, -0.15) is 0 Å². The Bertz CT molecular complexity index is 396. The molecule has 1 aliphatic carbocycles. The van der Waals surface area contributed by atoms with Gasteiger partial charge in [0.2, 0.25) is 0 Å². The second-order valence-electron chi connectivity index (χ2n) is 5.07. The molecule has 100 valence electrons. The Labute approximate surface area is 113 Å². The van der Waals surface area contributed by atoms with Crippen LogP contribution >= 0.6 is 11.3 Å². The zero-order valence-corrected chi connectivity index (χ0v) is 12.1. The van der Waals surface area contributed by atoms with E-state index in [2.05, 4.69) is 24.4 Å². The van der Waals surface area contributed by atoms with E-state index in [0.29, 0.717) is 12.6 Å². The van der Waals surface area contributed by atoms with E-state index in [9.17, 15) is 4.79 Å². The Morgan fingerprint density at radius 1 is 1.39 bits per heavy atom. The van der Waals surface area contributed by atoms with E-state index in [4.69, 9.17) is 0 Å². The van der Waals surface area contributed by atoms with Gasteiger partial charge in [0, 0.05) is 22.8 Å². The lowest BCUT2D eigenvalue weighted by molar-refractivity contribution is 0.173. The number of hydrogen-bond donors (Lipinski definition) is 1. The van der Waals surface area contributed by atoms with Crippen LogP contribution in [0.2, 0.25) is 0 Å². The molecule has 0 aliphatic heterocycles. The number of amides is 2. The van der Waals surface area contributed by atoms with Gasteiger partial charge in [0.05, 0.1) is 6.54 Å². The zero-order valence-electron chi connectivity index (χ0n) is 11.2. The lowest BCUT2D eigenvalue weighted by Gasteiger charge is -2.31. The first-order chi connectivity index (χ1) is 8.66. The maximum atomic E-state index is 12.0. The summed E-state index contributed by atoms with van der Waals surface area (Å²) in [6.45, 7) is 2.73. The second-order valence-corrected chi connectivity index (χ2v) is 6.45. The first-order valence-corrected chi connectivity index (χ1v) is 7.54. The average Bonchev–Trinajstić information content (AvgIpc) is 2.82. The SMILES string of the molecule is Cc1ccc(CNC(=O)N(C)C2CCCCC2)s1. The van der Waals surface area contributed by atoms with Gasteiger partial charge in [0.25, 0.3) is 0 Å². The number of rotatable bonds is 3. The third-order valence-electron chi connectivity index (χ3n) is 3.65. The van der Waals surface area contributed by atoms with Crippen molar-refractivity contribution in [3.05, 3.63) is 21.9 Å². The van der Waals surface area contributed by atoms with Crippen molar-refractivity contribution in [2.75, 3.05) is 7.05 Å². The van der Waals surface area contributed by atoms with Crippen molar-refractivity contribution in [3.63, 3.8) is 0 Å². The second kappa shape index (κ2) is 6.23. The lowest BCUT2D eigenvalue weighted by atomic mass is 9.95. The van der Waals surface area contributed by atoms with Gasteiger partial charge in [0.1, 0.15) is 0 Å². The smallest absolute Gasteiger partial charge is 0.317 e. The summed E-state index contributed by atoms with van der Waals surface area (Å²) in [6.07, 6.45) is 6.14. The molecule has 2 rings (SSSR count). The quantitative estimate of drug-likeness (QED) is 0.892. The summed E-state index contributed by atoms with van der Waals surface area (Å²) in [5, 5.41) is 3.01. The summed E-state index contributed by atoms with van der Waals surface area (Å²) < 4.78 is 0. The number of nitrogens with one attached hydrogen (secondary N) is 1. The van der Waals surface area contributed by atoms with Gasteiger partial charge >= 0.3 is 6.03 Å². The lowest BCUT2D eigenvalue weighted by Crippen LogP contribution is -2.44. The van der Waals surface area contributed by atoms with Crippen LogP contribution in [0.1, 0.15) is 41.9 Å². The third kappa shape index (κ3) is 3.48. The highest BCUT2D eigenvalue weighted by molar-refractivity contribution is 7.11. The van der Waals surface area contributed by atoms with E-state index < -0.39 is 0 Å². The fourth-order valence-corrected chi connectivity index (χ4v) is 3.33. The fraction of sp³-hybridized carbons (Fsp3) is 0.643. The zero-order chi connectivity index (χ0) is 13.0. The highest BCUT2D eigenvalue weighted by atomic mass is 32.1. The highest BCUT2D eigenvalue weighted by Gasteiger charge is 2.21. The van der Waals surface area contributed by atoms with Crippen LogP contribution in [0, 0.1) is 6.92 Å².